The molecule has 0 fully saturated rings. The predicted molar refractivity (Wildman–Crippen MR) is 105 cm³/mol. The van der Waals surface area contributed by atoms with Gasteiger partial charge in [-0.05, 0) is 57.4 Å². The Morgan fingerprint density at radius 1 is 1.12 bits per heavy atom. The highest BCUT2D eigenvalue weighted by Crippen LogP contribution is 2.22. The topological polar surface area (TPSA) is 26.3 Å². The molecule has 140 valence electrons. The van der Waals surface area contributed by atoms with E-state index in [1.165, 1.54) is 51.0 Å². The van der Waals surface area contributed by atoms with Crippen LogP contribution in [-0.2, 0) is 9.53 Å². The van der Waals surface area contributed by atoms with Crippen molar-refractivity contribution in [2.45, 2.75) is 98.5 Å². The minimum Gasteiger partial charge on any atom is -0.455 e. The highest BCUT2D eigenvalue weighted by molar-refractivity contribution is 5.66. The first-order valence-electron chi connectivity index (χ1n) is 9.67. The molecule has 0 amide bonds. The zero-order valence-electron chi connectivity index (χ0n) is 17.0. The summed E-state index contributed by atoms with van der Waals surface area (Å²) >= 11 is 0. The lowest BCUT2D eigenvalue weighted by Crippen LogP contribution is -2.27. The molecule has 0 heterocycles. The summed E-state index contributed by atoms with van der Waals surface area (Å²) in [4.78, 5) is 11.1. The summed E-state index contributed by atoms with van der Waals surface area (Å²) in [5.74, 6) is 1.42. The van der Waals surface area contributed by atoms with Crippen molar-refractivity contribution in [3.8, 4) is 0 Å². The maximum Gasteiger partial charge on any atom is 0.303 e. The number of carbonyl (C=O) groups excluding carboxylic acids is 1. The molecule has 0 radical (unpaired) electrons. The van der Waals surface area contributed by atoms with E-state index in [1.807, 2.05) is 6.92 Å². The van der Waals surface area contributed by atoms with Crippen LogP contribution in [0.2, 0.25) is 0 Å². The zero-order chi connectivity index (χ0) is 18.6. The van der Waals surface area contributed by atoms with Crippen molar-refractivity contribution in [1.82, 2.24) is 0 Å². The first-order valence-corrected chi connectivity index (χ1v) is 9.67. The minimum atomic E-state index is -0.548. The second-order valence-electron chi connectivity index (χ2n) is 8.02. The number of hydrogen-bond donors (Lipinski definition) is 0. The molecule has 0 saturated heterocycles. The van der Waals surface area contributed by atoms with E-state index in [2.05, 4.69) is 40.3 Å². The third kappa shape index (κ3) is 12.4. The molecule has 2 nitrogen and oxygen atoms in total. The monoisotopic (exact) mass is 336 g/mol. The Balaban J connectivity index is 3.98. The molecule has 0 saturated carbocycles. The lowest BCUT2D eigenvalue weighted by Gasteiger charge is -2.24. The van der Waals surface area contributed by atoms with Crippen LogP contribution in [0.5, 0.6) is 0 Å². The van der Waals surface area contributed by atoms with E-state index in [9.17, 15) is 4.79 Å². The van der Waals surface area contributed by atoms with E-state index < -0.39 is 5.60 Å². The van der Waals surface area contributed by atoms with Crippen LogP contribution < -0.4 is 0 Å². The fourth-order valence-corrected chi connectivity index (χ4v) is 2.98. The summed E-state index contributed by atoms with van der Waals surface area (Å²) in [5, 5.41) is 0. The van der Waals surface area contributed by atoms with Crippen molar-refractivity contribution in [3.63, 3.8) is 0 Å². The lowest BCUT2D eigenvalue weighted by atomic mass is 9.94. The smallest absolute Gasteiger partial charge is 0.303 e. The average Bonchev–Trinajstić information content (AvgIpc) is 2.46. The van der Waals surface area contributed by atoms with Gasteiger partial charge in [-0.3, -0.25) is 4.79 Å². The van der Waals surface area contributed by atoms with Crippen molar-refractivity contribution in [1.29, 1.82) is 0 Å². The van der Waals surface area contributed by atoms with Gasteiger partial charge in [-0.15, -0.1) is 0 Å². The highest BCUT2D eigenvalue weighted by Gasteiger charge is 2.22. The van der Waals surface area contributed by atoms with Crippen LogP contribution in [0.4, 0.5) is 0 Å². The molecule has 0 aromatic heterocycles. The molecule has 2 unspecified atom stereocenters. The number of carbonyl (C=O) groups is 1. The third-order valence-electron chi connectivity index (χ3n) is 4.69. The first-order chi connectivity index (χ1) is 11.2. The van der Waals surface area contributed by atoms with E-state index in [0.29, 0.717) is 0 Å². The van der Waals surface area contributed by atoms with Gasteiger partial charge in [0.25, 0.3) is 0 Å². The lowest BCUT2D eigenvalue weighted by molar-refractivity contribution is -0.151. The fourth-order valence-electron chi connectivity index (χ4n) is 2.98. The average molecular weight is 337 g/mol. The van der Waals surface area contributed by atoms with Crippen molar-refractivity contribution in [2.75, 3.05) is 0 Å². The van der Waals surface area contributed by atoms with Crippen molar-refractivity contribution < 1.29 is 9.53 Å². The van der Waals surface area contributed by atoms with E-state index in [-0.39, 0.29) is 5.97 Å². The first kappa shape index (κ1) is 22.9. The van der Waals surface area contributed by atoms with Crippen molar-refractivity contribution >= 4 is 5.97 Å². The van der Waals surface area contributed by atoms with Crippen LogP contribution >= 0.6 is 0 Å². The van der Waals surface area contributed by atoms with Crippen LogP contribution in [0.25, 0.3) is 0 Å². The van der Waals surface area contributed by atoms with E-state index in [4.69, 9.17) is 4.74 Å². The van der Waals surface area contributed by atoms with Gasteiger partial charge in [-0.1, -0.05) is 64.7 Å². The predicted octanol–water partition coefficient (Wildman–Crippen LogP) is 6.85. The van der Waals surface area contributed by atoms with E-state index >= 15 is 0 Å². The number of allylic oxidation sites excluding steroid dienone is 2. The Morgan fingerprint density at radius 3 is 2.29 bits per heavy atom. The molecule has 0 bridgehead atoms. The molecule has 0 aliphatic heterocycles. The standard InChI is InChI=1S/C22H40O2/c1-8-22(7,24-21(6)23)17-11-16-20(5)15-10-14-19(4)13-9-12-18(2)3/h8,16,18-19H,1,9-15,17H2,2-7H3/b20-16+. The largest absolute Gasteiger partial charge is 0.455 e. The molecular weight excluding hydrogens is 296 g/mol. The van der Waals surface area contributed by atoms with E-state index in [1.54, 1.807) is 6.08 Å². The molecule has 0 aliphatic carbocycles. The Labute approximate surface area is 150 Å². The Bertz CT molecular complexity index is 395. The third-order valence-corrected chi connectivity index (χ3v) is 4.69. The Morgan fingerprint density at radius 2 is 1.75 bits per heavy atom. The van der Waals surface area contributed by atoms with Gasteiger partial charge in [-0.2, -0.15) is 0 Å². The molecule has 24 heavy (non-hydrogen) atoms. The quantitative estimate of drug-likeness (QED) is 0.271. The molecule has 0 N–H and O–H groups in total. The Hall–Kier alpha value is -1.05. The van der Waals surface area contributed by atoms with Crippen LogP contribution in [-0.4, -0.2) is 11.6 Å². The molecule has 0 aliphatic rings. The summed E-state index contributed by atoms with van der Waals surface area (Å²) in [6.45, 7) is 16.4. The van der Waals surface area contributed by atoms with Crippen molar-refractivity contribution in [2.24, 2.45) is 11.8 Å². The molecule has 0 spiro atoms. The van der Waals surface area contributed by atoms with Crippen LogP contribution in [0.15, 0.2) is 24.3 Å². The number of hydrogen-bond acceptors (Lipinski definition) is 2. The van der Waals surface area contributed by atoms with Gasteiger partial charge in [0.1, 0.15) is 5.60 Å². The van der Waals surface area contributed by atoms with Crippen molar-refractivity contribution in [3.05, 3.63) is 24.3 Å². The molecule has 2 heteroatoms. The van der Waals surface area contributed by atoms with Gasteiger partial charge in [0, 0.05) is 6.92 Å². The number of rotatable bonds is 13. The summed E-state index contributed by atoms with van der Waals surface area (Å²) in [6.07, 6.45) is 13.6. The van der Waals surface area contributed by atoms with Gasteiger partial charge >= 0.3 is 5.97 Å². The maximum absolute atomic E-state index is 11.1. The molecule has 0 rings (SSSR count). The highest BCUT2D eigenvalue weighted by atomic mass is 16.6. The fraction of sp³-hybridized carbons (Fsp3) is 0.773. The zero-order valence-corrected chi connectivity index (χ0v) is 17.0. The summed E-state index contributed by atoms with van der Waals surface area (Å²) in [6, 6.07) is 0. The van der Waals surface area contributed by atoms with Gasteiger partial charge in [-0.25, -0.2) is 0 Å². The second-order valence-corrected chi connectivity index (χ2v) is 8.02. The number of esters is 1. The Kier molecular flexibility index (Phi) is 11.8. The summed E-state index contributed by atoms with van der Waals surface area (Å²) in [7, 11) is 0. The molecule has 0 aromatic rings. The van der Waals surface area contributed by atoms with Crippen LogP contribution in [0.1, 0.15) is 92.9 Å². The van der Waals surface area contributed by atoms with Gasteiger partial charge in [0.15, 0.2) is 0 Å². The molecular formula is C22H40O2. The number of ether oxygens (including phenoxy) is 1. The van der Waals surface area contributed by atoms with E-state index in [0.717, 1.165) is 24.7 Å². The van der Waals surface area contributed by atoms with Gasteiger partial charge < -0.3 is 4.74 Å². The minimum absolute atomic E-state index is 0.246. The second kappa shape index (κ2) is 12.3. The van der Waals surface area contributed by atoms with Crippen LogP contribution in [0, 0.1) is 11.8 Å². The van der Waals surface area contributed by atoms with Gasteiger partial charge in [0.2, 0.25) is 0 Å². The van der Waals surface area contributed by atoms with Gasteiger partial charge in [0.05, 0.1) is 0 Å². The maximum atomic E-state index is 11.1. The summed E-state index contributed by atoms with van der Waals surface area (Å²) in [5.41, 5.74) is 0.895. The normalized spacial score (nSPS) is 15.9. The molecule has 0 aromatic carbocycles. The van der Waals surface area contributed by atoms with Crippen LogP contribution in [0.3, 0.4) is 0 Å². The molecule has 2 atom stereocenters. The SMILES string of the molecule is C=CC(C)(CC/C=C(\C)CCCC(C)CCCC(C)C)OC(C)=O. The summed E-state index contributed by atoms with van der Waals surface area (Å²) < 4.78 is 5.35.